The Morgan fingerprint density at radius 2 is 2.19 bits per heavy atom. The van der Waals surface area contributed by atoms with Gasteiger partial charge in [-0.2, -0.15) is 0 Å². The van der Waals surface area contributed by atoms with E-state index in [-0.39, 0.29) is 17.9 Å². The smallest absolute Gasteiger partial charge is 0.230 e. The van der Waals surface area contributed by atoms with Gasteiger partial charge in [-0.25, -0.2) is 4.39 Å². The second-order valence-electron chi connectivity index (χ2n) is 7.96. The lowest BCUT2D eigenvalue weighted by Crippen LogP contribution is -2.48. The number of aromatic nitrogens is 1. The van der Waals surface area contributed by atoms with Crippen LogP contribution in [0.5, 0.6) is 0 Å². The average molecular weight is 371 g/mol. The number of halogens is 1. The van der Waals surface area contributed by atoms with E-state index in [1.54, 1.807) is 22.2 Å². The highest BCUT2D eigenvalue weighted by molar-refractivity contribution is 5.93. The molecule has 1 aromatic rings. The number of nitrogens with zero attached hydrogens (tertiary/aromatic N) is 3. The Kier molecular flexibility index (Phi) is 3.82. The minimum absolute atomic E-state index is 0.0376. The molecule has 0 aliphatic carbocycles. The van der Waals surface area contributed by atoms with Crippen molar-refractivity contribution in [3.05, 3.63) is 42.2 Å². The minimum atomic E-state index is -0.834. The van der Waals surface area contributed by atoms with E-state index in [1.807, 2.05) is 24.3 Å². The van der Waals surface area contributed by atoms with Gasteiger partial charge in [0.1, 0.15) is 11.8 Å². The van der Waals surface area contributed by atoms with Crippen molar-refractivity contribution in [3.63, 3.8) is 0 Å². The maximum absolute atomic E-state index is 13.4. The molecule has 4 aliphatic heterocycles. The molecule has 27 heavy (non-hydrogen) atoms. The summed E-state index contributed by atoms with van der Waals surface area (Å²) in [6.45, 7) is 1.75. The molecule has 0 aromatic carbocycles. The normalized spacial score (nSPS) is 35.1. The molecular formula is C20H22FN3O3. The van der Waals surface area contributed by atoms with Crippen molar-refractivity contribution >= 4 is 11.8 Å². The maximum Gasteiger partial charge on any atom is 0.230 e. The predicted octanol–water partition coefficient (Wildman–Crippen LogP) is 1.32. The number of amides is 2. The third kappa shape index (κ3) is 2.59. The van der Waals surface area contributed by atoms with E-state index in [4.69, 9.17) is 4.74 Å². The fraction of sp³-hybridized carbons (Fsp3) is 0.550. The molecular weight excluding hydrogens is 349 g/mol. The molecule has 6 nitrogen and oxygen atoms in total. The number of carbonyl (C=O) groups is 2. The van der Waals surface area contributed by atoms with Crippen LogP contribution in [0.2, 0.25) is 0 Å². The highest BCUT2D eigenvalue weighted by Gasteiger charge is 2.67. The third-order valence-corrected chi connectivity index (χ3v) is 6.30. The van der Waals surface area contributed by atoms with Gasteiger partial charge in [0, 0.05) is 32.0 Å². The van der Waals surface area contributed by atoms with Gasteiger partial charge in [0.05, 0.1) is 24.5 Å². The van der Waals surface area contributed by atoms with Gasteiger partial charge in [-0.1, -0.05) is 18.2 Å². The summed E-state index contributed by atoms with van der Waals surface area (Å²) in [6.07, 6.45) is 6.88. The van der Waals surface area contributed by atoms with Gasteiger partial charge in [-0.15, -0.1) is 0 Å². The van der Waals surface area contributed by atoms with E-state index < -0.39 is 23.6 Å². The van der Waals surface area contributed by atoms with Crippen LogP contribution in [-0.2, 0) is 20.9 Å². The average Bonchev–Trinajstić information content (AvgIpc) is 3.31. The summed E-state index contributed by atoms with van der Waals surface area (Å²) in [7, 11) is 0. The summed E-state index contributed by atoms with van der Waals surface area (Å²) in [5.74, 6) is -1.10. The first-order chi connectivity index (χ1) is 13.1. The molecule has 0 radical (unpaired) electrons. The third-order valence-electron chi connectivity index (χ3n) is 6.30. The van der Waals surface area contributed by atoms with Crippen LogP contribution in [0.4, 0.5) is 4.39 Å². The summed E-state index contributed by atoms with van der Waals surface area (Å²) in [6, 6.07) is 3.78. The SMILES string of the molecule is O=C([C@H]1[C@@H]2C=C[C@@]3(CN(Cc4cccnc4)C(=O)[C@@H]13)O2)N1CCC(F)CC1. The van der Waals surface area contributed by atoms with Crippen molar-refractivity contribution in [2.24, 2.45) is 11.8 Å². The number of pyridine rings is 1. The van der Waals surface area contributed by atoms with Crippen LogP contribution in [0.15, 0.2) is 36.7 Å². The summed E-state index contributed by atoms with van der Waals surface area (Å²) in [4.78, 5) is 33.9. The number of rotatable bonds is 3. The molecule has 3 saturated heterocycles. The van der Waals surface area contributed by atoms with Crippen molar-refractivity contribution in [1.29, 1.82) is 0 Å². The molecule has 1 aromatic heterocycles. The Morgan fingerprint density at radius 3 is 2.93 bits per heavy atom. The van der Waals surface area contributed by atoms with Crippen LogP contribution in [0.1, 0.15) is 18.4 Å². The van der Waals surface area contributed by atoms with Crippen molar-refractivity contribution in [1.82, 2.24) is 14.8 Å². The Labute approximate surface area is 157 Å². The van der Waals surface area contributed by atoms with E-state index in [0.29, 0.717) is 39.0 Å². The second kappa shape index (κ2) is 6.12. The van der Waals surface area contributed by atoms with Gasteiger partial charge in [0.15, 0.2) is 0 Å². The van der Waals surface area contributed by atoms with E-state index in [2.05, 4.69) is 4.98 Å². The van der Waals surface area contributed by atoms with Crippen molar-refractivity contribution in [2.45, 2.75) is 37.3 Å². The summed E-state index contributed by atoms with van der Waals surface area (Å²) >= 11 is 0. The number of hydrogen-bond donors (Lipinski definition) is 0. The largest absolute Gasteiger partial charge is 0.360 e. The summed E-state index contributed by atoms with van der Waals surface area (Å²) in [5, 5.41) is 0. The van der Waals surface area contributed by atoms with E-state index in [1.165, 1.54) is 0 Å². The molecule has 142 valence electrons. The monoisotopic (exact) mass is 371 g/mol. The molecule has 5 rings (SSSR count). The van der Waals surface area contributed by atoms with E-state index in [0.717, 1.165) is 5.56 Å². The second-order valence-corrected chi connectivity index (χ2v) is 7.96. The van der Waals surface area contributed by atoms with Gasteiger partial charge < -0.3 is 14.5 Å². The molecule has 1 spiro atoms. The number of alkyl halides is 1. The molecule has 4 aliphatic rings. The molecule has 3 fully saturated rings. The van der Waals surface area contributed by atoms with Crippen LogP contribution in [0.3, 0.4) is 0 Å². The number of likely N-dealkylation sites (tertiary alicyclic amines) is 2. The van der Waals surface area contributed by atoms with Crippen molar-refractivity contribution < 1.29 is 18.7 Å². The highest BCUT2D eigenvalue weighted by atomic mass is 19.1. The quantitative estimate of drug-likeness (QED) is 0.752. The topological polar surface area (TPSA) is 62.7 Å². The van der Waals surface area contributed by atoms with Gasteiger partial charge >= 0.3 is 0 Å². The lowest BCUT2D eigenvalue weighted by Gasteiger charge is -2.33. The first-order valence-corrected chi connectivity index (χ1v) is 9.55. The molecule has 4 atom stereocenters. The number of fused-ring (bicyclic) bond motifs is 1. The van der Waals surface area contributed by atoms with Crippen LogP contribution < -0.4 is 0 Å². The van der Waals surface area contributed by atoms with Crippen LogP contribution >= 0.6 is 0 Å². The first-order valence-electron chi connectivity index (χ1n) is 9.55. The molecule has 5 heterocycles. The van der Waals surface area contributed by atoms with E-state index in [9.17, 15) is 14.0 Å². The number of piperidine rings is 1. The van der Waals surface area contributed by atoms with Gasteiger partial charge in [0.2, 0.25) is 11.8 Å². The van der Waals surface area contributed by atoms with Gasteiger partial charge in [-0.3, -0.25) is 14.6 Å². The van der Waals surface area contributed by atoms with Crippen LogP contribution in [-0.4, -0.2) is 64.1 Å². The highest BCUT2D eigenvalue weighted by Crippen LogP contribution is 2.52. The van der Waals surface area contributed by atoms with Gasteiger partial charge in [0.25, 0.3) is 0 Å². The fourth-order valence-electron chi connectivity index (χ4n) is 4.99. The Morgan fingerprint density at radius 1 is 1.37 bits per heavy atom. The summed E-state index contributed by atoms with van der Waals surface area (Å²) in [5.41, 5.74) is 0.247. The Hall–Kier alpha value is -2.28. The van der Waals surface area contributed by atoms with Crippen molar-refractivity contribution in [3.8, 4) is 0 Å². The zero-order valence-corrected chi connectivity index (χ0v) is 15.0. The minimum Gasteiger partial charge on any atom is -0.360 e. The molecule has 2 amide bonds. The molecule has 0 unspecified atom stereocenters. The number of hydrogen-bond acceptors (Lipinski definition) is 4. The number of ether oxygens (including phenoxy) is 1. The molecule has 0 N–H and O–H groups in total. The Bertz CT molecular complexity index is 793. The lowest BCUT2D eigenvalue weighted by molar-refractivity contribution is -0.144. The zero-order valence-electron chi connectivity index (χ0n) is 15.0. The van der Waals surface area contributed by atoms with Crippen LogP contribution in [0, 0.1) is 11.8 Å². The molecule has 7 heteroatoms. The van der Waals surface area contributed by atoms with Crippen LogP contribution in [0.25, 0.3) is 0 Å². The standard InChI is InChI=1S/C20H22FN3O3/c21-14-4-8-23(9-5-14)18(25)16-15-3-6-20(27-15)12-24(19(26)17(16)20)11-13-2-1-7-22-10-13/h1-3,6-7,10,14-17H,4-5,8-9,11-12H2/t15-,16-,17+,20-/m0/s1. The lowest BCUT2D eigenvalue weighted by atomic mass is 9.76. The predicted molar refractivity (Wildman–Crippen MR) is 94.1 cm³/mol. The van der Waals surface area contributed by atoms with E-state index >= 15 is 0 Å². The number of carbonyl (C=O) groups excluding carboxylic acids is 2. The van der Waals surface area contributed by atoms with Gasteiger partial charge in [-0.05, 0) is 24.5 Å². The molecule has 0 saturated carbocycles. The zero-order chi connectivity index (χ0) is 18.6. The molecule has 2 bridgehead atoms. The maximum atomic E-state index is 13.4. The first kappa shape index (κ1) is 16.9. The Balaban J connectivity index is 1.38. The fourth-order valence-corrected chi connectivity index (χ4v) is 4.99. The van der Waals surface area contributed by atoms with Crippen molar-refractivity contribution in [2.75, 3.05) is 19.6 Å². The summed E-state index contributed by atoms with van der Waals surface area (Å²) < 4.78 is 19.6.